The maximum Gasteiger partial charge on any atom is 0.340 e. The normalized spacial score (nSPS) is 9.52. The van der Waals surface area contributed by atoms with Gasteiger partial charge < -0.3 is 21.3 Å². The highest BCUT2D eigenvalue weighted by Gasteiger charge is 2.11. The summed E-state index contributed by atoms with van der Waals surface area (Å²) in [7, 11) is 1.19. The number of nitrogen functional groups attached to an aromatic ring is 2. The van der Waals surface area contributed by atoms with Gasteiger partial charge >= 0.3 is 11.9 Å². The van der Waals surface area contributed by atoms with Gasteiger partial charge in [-0.1, -0.05) is 0 Å². The molecule has 8 heteroatoms. The van der Waals surface area contributed by atoms with Crippen molar-refractivity contribution in [1.82, 2.24) is 0 Å². The molecular formula is C15H14F2N2O4. The molecule has 23 heavy (non-hydrogen) atoms. The van der Waals surface area contributed by atoms with Crippen molar-refractivity contribution in [2.24, 2.45) is 0 Å². The minimum Gasteiger partial charge on any atom is -0.478 e. The Balaban J connectivity index is 0.000000231. The molecule has 5 N–H and O–H groups in total. The number of rotatable bonds is 2. The van der Waals surface area contributed by atoms with Crippen molar-refractivity contribution in [3.8, 4) is 0 Å². The van der Waals surface area contributed by atoms with Crippen molar-refractivity contribution in [2.75, 3.05) is 18.6 Å². The number of methoxy groups -OCH3 is 1. The molecule has 0 unspecified atom stereocenters. The first kappa shape index (κ1) is 17.9. The van der Waals surface area contributed by atoms with Gasteiger partial charge in [-0.3, -0.25) is 0 Å². The Bertz CT molecular complexity index is 735. The predicted octanol–water partition coefficient (Wildman–Crippen LogP) is 2.30. The number of benzene rings is 2. The molecule has 0 aliphatic heterocycles. The fourth-order valence-electron chi connectivity index (χ4n) is 1.51. The molecule has 6 nitrogen and oxygen atoms in total. The number of carbonyl (C=O) groups excluding carboxylic acids is 1. The lowest BCUT2D eigenvalue weighted by atomic mass is 10.2. The number of anilines is 2. The summed E-state index contributed by atoms with van der Waals surface area (Å²) in [4.78, 5) is 21.1. The summed E-state index contributed by atoms with van der Waals surface area (Å²) in [6, 6.07) is 7.25. The van der Waals surface area contributed by atoms with Crippen LogP contribution in [0.5, 0.6) is 0 Å². The Labute approximate surface area is 130 Å². The Morgan fingerprint density at radius 1 is 0.957 bits per heavy atom. The summed E-state index contributed by atoms with van der Waals surface area (Å²) in [6.45, 7) is 0. The van der Waals surface area contributed by atoms with E-state index in [9.17, 15) is 18.4 Å². The molecule has 0 bridgehead atoms. The standard InChI is InChI=1S/C8H8FNO2.C7H6FNO2/c1-12-8(11)6-3-2-5(10)4-7(6)9;8-6-3-4(9)1-2-5(6)7(10)11/h2-4H,10H2,1H3;1-3H,9H2,(H,10,11). The van der Waals surface area contributed by atoms with Crippen LogP contribution < -0.4 is 11.5 Å². The molecule has 0 radical (unpaired) electrons. The van der Waals surface area contributed by atoms with Gasteiger partial charge in [0.25, 0.3) is 0 Å². The topological polar surface area (TPSA) is 116 Å². The van der Waals surface area contributed by atoms with E-state index in [1.807, 2.05) is 0 Å². The molecular weight excluding hydrogens is 310 g/mol. The molecule has 0 heterocycles. The number of halogens is 2. The summed E-state index contributed by atoms with van der Waals surface area (Å²) in [5, 5.41) is 8.38. The lowest BCUT2D eigenvalue weighted by Crippen LogP contribution is -2.04. The van der Waals surface area contributed by atoms with Crippen LogP contribution in [0.4, 0.5) is 20.2 Å². The van der Waals surface area contributed by atoms with Crippen LogP contribution in [0.15, 0.2) is 36.4 Å². The second kappa shape index (κ2) is 7.74. The maximum absolute atomic E-state index is 12.9. The first-order valence-electron chi connectivity index (χ1n) is 6.18. The number of hydrogen-bond donors (Lipinski definition) is 3. The van der Waals surface area contributed by atoms with Crippen LogP contribution in [0.3, 0.4) is 0 Å². The van der Waals surface area contributed by atoms with E-state index in [1.165, 1.54) is 25.3 Å². The number of aromatic carboxylic acids is 1. The number of esters is 1. The number of ether oxygens (including phenoxy) is 1. The number of carbonyl (C=O) groups is 2. The molecule has 0 aromatic heterocycles. The van der Waals surface area contributed by atoms with E-state index in [-0.39, 0.29) is 22.5 Å². The Kier molecular flexibility index (Phi) is 6.02. The fourth-order valence-corrected chi connectivity index (χ4v) is 1.51. The summed E-state index contributed by atoms with van der Waals surface area (Å²) < 4.78 is 29.9. The average Bonchev–Trinajstić information content (AvgIpc) is 2.46. The van der Waals surface area contributed by atoms with Gasteiger partial charge in [-0.25, -0.2) is 18.4 Å². The molecule has 0 atom stereocenters. The lowest BCUT2D eigenvalue weighted by molar-refractivity contribution is 0.0594. The highest BCUT2D eigenvalue weighted by Crippen LogP contribution is 2.12. The maximum atomic E-state index is 12.9. The third-order valence-electron chi connectivity index (χ3n) is 2.62. The molecule has 122 valence electrons. The van der Waals surface area contributed by atoms with Crippen LogP contribution in [0.1, 0.15) is 20.7 Å². The molecule has 2 rings (SSSR count). The van der Waals surface area contributed by atoms with Crippen molar-refractivity contribution < 1.29 is 28.2 Å². The van der Waals surface area contributed by atoms with E-state index < -0.39 is 23.6 Å². The van der Waals surface area contributed by atoms with E-state index in [0.29, 0.717) is 0 Å². The molecule has 0 saturated heterocycles. The molecule has 0 aliphatic carbocycles. The Morgan fingerprint density at radius 2 is 1.39 bits per heavy atom. The summed E-state index contributed by atoms with van der Waals surface area (Å²) in [5.41, 5.74) is 10.5. The van der Waals surface area contributed by atoms with Gasteiger partial charge in [0.2, 0.25) is 0 Å². The molecule has 0 fully saturated rings. The van der Waals surface area contributed by atoms with Crippen molar-refractivity contribution in [2.45, 2.75) is 0 Å². The van der Waals surface area contributed by atoms with Crippen LogP contribution in [-0.2, 0) is 4.74 Å². The van der Waals surface area contributed by atoms with E-state index in [2.05, 4.69) is 4.74 Å². The van der Waals surface area contributed by atoms with E-state index in [4.69, 9.17) is 16.6 Å². The van der Waals surface area contributed by atoms with Crippen LogP contribution in [0.2, 0.25) is 0 Å². The van der Waals surface area contributed by atoms with Gasteiger partial charge in [-0.05, 0) is 36.4 Å². The zero-order valence-electron chi connectivity index (χ0n) is 12.0. The van der Waals surface area contributed by atoms with Gasteiger partial charge in [0.05, 0.1) is 18.2 Å². The van der Waals surface area contributed by atoms with Gasteiger partial charge in [0, 0.05) is 11.4 Å². The summed E-state index contributed by atoms with van der Waals surface area (Å²) in [5.74, 6) is -3.46. The highest BCUT2D eigenvalue weighted by atomic mass is 19.1. The van der Waals surface area contributed by atoms with Crippen molar-refractivity contribution in [3.63, 3.8) is 0 Å². The number of nitrogens with two attached hydrogens (primary N) is 2. The van der Waals surface area contributed by atoms with Gasteiger partial charge in [-0.2, -0.15) is 0 Å². The third-order valence-corrected chi connectivity index (χ3v) is 2.62. The fraction of sp³-hybridized carbons (Fsp3) is 0.0667. The number of carboxylic acids is 1. The summed E-state index contributed by atoms with van der Waals surface area (Å²) in [6.07, 6.45) is 0. The third kappa shape index (κ3) is 4.95. The molecule has 0 amide bonds. The molecule has 0 aliphatic rings. The van der Waals surface area contributed by atoms with Crippen LogP contribution >= 0.6 is 0 Å². The smallest absolute Gasteiger partial charge is 0.340 e. The highest BCUT2D eigenvalue weighted by molar-refractivity contribution is 5.90. The minimum absolute atomic E-state index is 0.105. The van der Waals surface area contributed by atoms with Crippen LogP contribution in [0, 0.1) is 11.6 Å². The SMILES string of the molecule is COC(=O)c1ccc(N)cc1F.Nc1ccc(C(=O)O)c(F)c1. The Hall–Kier alpha value is -3.16. The predicted molar refractivity (Wildman–Crippen MR) is 79.9 cm³/mol. The van der Waals surface area contributed by atoms with E-state index in [0.717, 1.165) is 18.2 Å². The minimum atomic E-state index is -1.29. The van der Waals surface area contributed by atoms with E-state index in [1.54, 1.807) is 0 Å². The van der Waals surface area contributed by atoms with Crippen molar-refractivity contribution in [1.29, 1.82) is 0 Å². The quantitative estimate of drug-likeness (QED) is 0.576. The number of hydrogen-bond acceptors (Lipinski definition) is 5. The van der Waals surface area contributed by atoms with Crippen molar-refractivity contribution >= 4 is 23.3 Å². The largest absolute Gasteiger partial charge is 0.478 e. The van der Waals surface area contributed by atoms with Gasteiger partial charge in [-0.15, -0.1) is 0 Å². The van der Waals surface area contributed by atoms with Gasteiger partial charge in [0.15, 0.2) is 0 Å². The average molecular weight is 324 g/mol. The first-order valence-corrected chi connectivity index (χ1v) is 6.18. The first-order chi connectivity index (χ1) is 10.8. The second-order valence-electron chi connectivity index (χ2n) is 4.28. The van der Waals surface area contributed by atoms with Crippen LogP contribution in [0.25, 0.3) is 0 Å². The van der Waals surface area contributed by atoms with Crippen molar-refractivity contribution in [3.05, 3.63) is 59.2 Å². The Morgan fingerprint density at radius 3 is 1.74 bits per heavy atom. The van der Waals surface area contributed by atoms with Gasteiger partial charge in [0.1, 0.15) is 11.6 Å². The summed E-state index contributed by atoms with van der Waals surface area (Å²) >= 11 is 0. The zero-order chi connectivity index (χ0) is 17.6. The monoisotopic (exact) mass is 324 g/mol. The van der Waals surface area contributed by atoms with E-state index >= 15 is 0 Å². The van der Waals surface area contributed by atoms with Crippen LogP contribution in [-0.4, -0.2) is 24.2 Å². The molecule has 0 saturated carbocycles. The second-order valence-corrected chi connectivity index (χ2v) is 4.28. The zero-order valence-corrected chi connectivity index (χ0v) is 12.0. The molecule has 0 spiro atoms. The molecule has 2 aromatic carbocycles. The lowest BCUT2D eigenvalue weighted by Gasteiger charge is -2.00. The molecule has 2 aromatic rings. The number of carboxylic acid groups (broad SMARTS) is 1.